The molecule has 3 nitrogen and oxygen atoms in total. The quantitative estimate of drug-likeness (QED) is 0.721. The highest BCUT2D eigenvalue weighted by molar-refractivity contribution is 5.05. The van der Waals surface area contributed by atoms with Crippen molar-refractivity contribution < 1.29 is 14.9 Å². The van der Waals surface area contributed by atoms with Crippen molar-refractivity contribution in [2.45, 2.75) is 96.9 Å². The van der Waals surface area contributed by atoms with E-state index in [1.54, 1.807) is 0 Å². The van der Waals surface area contributed by atoms with Gasteiger partial charge in [0, 0.05) is 18.4 Å². The van der Waals surface area contributed by atoms with Gasteiger partial charge in [-0.3, -0.25) is 0 Å². The van der Waals surface area contributed by atoms with Crippen LogP contribution in [-0.2, 0) is 4.74 Å². The van der Waals surface area contributed by atoms with E-state index in [2.05, 4.69) is 27.7 Å². The molecule has 25 heavy (non-hydrogen) atoms. The fraction of sp³-hybridized carbons (Fsp3) is 1.00. The smallest absolute Gasteiger partial charge is 0.0661 e. The zero-order valence-corrected chi connectivity index (χ0v) is 16.8. The molecular weight excluding hydrogens is 312 g/mol. The molecule has 0 aromatic rings. The molecule has 1 aliphatic heterocycles. The molecule has 2 aliphatic carbocycles. The van der Waals surface area contributed by atoms with Gasteiger partial charge in [0.15, 0.2) is 0 Å². The molecule has 0 spiro atoms. The van der Waals surface area contributed by atoms with Gasteiger partial charge in [0.05, 0.1) is 17.8 Å². The molecular formula is C22H40O3. The number of hydrogen-bond donors (Lipinski definition) is 2. The summed E-state index contributed by atoms with van der Waals surface area (Å²) in [6.45, 7) is 9.25. The highest BCUT2D eigenvalue weighted by Gasteiger charge is 2.56. The van der Waals surface area contributed by atoms with E-state index in [4.69, 9.17) is 4.74 Å². The Morgan fingerprint density at radius 2 is 1.88 bits per heavy atom. The summed E-state index contributed by atoms with van der Waals surface area (Å²) in [5.41, 5.74) is -0.0777. The van der Waals surface area contributed by atoms with Gasteiger partial charge in [-0.1, -0.05) is 39.5 Å². The van der Waals surface area contributed by atoms with Crippen molar-refractivity contribution >= 4 is 0 Å². The van der Waals surface area contributed by atoms with Crippen LogP contribution in [0.2, 0.25) is 0 Å². The molecule has 2 N–H and O–H groups in total. The Balaban J connectivity index is 1.81. The Hall–Kier alpha value is -0.120. The maximum absolute atomic E-state index is 11.2. The lowest BCUT2D eigenvalue weighted by atomic mass is 9.55. The number of fused-ring (bicyclic) bond motifs is 3. The first-order valence-electron chi connectivity index (χ1n) is 10.9. The van der Waals surface area contributed by atoms with E-state index < -0.39 is 6.10 Å². The van der Waals surface area contributed by atoms with Gasteiger partial charge in [0.1, 0.15) is 0 Å². The van der Waals surface area contributed by atoms with Gasteiger partial charge in [-0.15, -0.1) is 0 Å². The Bertz CT molecular complexity index is 435. The lowest BCUT2D eigenvalue weighted by Gasteiger charge is -2.59. The van der Waals surface area contributed by atoms with E-state index in [9.17, 15) is 10.2 Å². The number of aliphatic hydroxyl groups is 2. The maximum atomic E-state index is 11.2. The van der Waals surface area contributed by atoms with Crippen LogP contribution >= 0.6 is 0 Å². The number of rotatable bonds is 5. The molecule has 3 rings (SSSR count). The molecule has 1 heterocycles. The molecule has 8 unspecified atom stereocenters. The van der Waals surface area contributed by atoms with Crippen molar-refractivity contribution in [3.8, 4) is 0 Å². The number of aliphatic hydroxyl groups excluding tert-OH is 2. The van der Waals surface area contributed by atoms with Crippen LogP contribution in [0.4, 0.5) is 0 Å². The molecule has 1 saturated heterocycles. The topological polar surface area (TPSA) is 49.7 Å². The first-order chi connectivity index (χ1) is 11.9. The third kappa shape index (κ3) is 3.80. The zero-order valence-electron chi connectivity index (χ0n) is 16.8. The third-order valence-corrected chi connectivity index (χ3v) is 7.80. The van der Waals surface area contributed by atoms with Gasteiger partial charge in [0.25, 0.3) is 0 Å². The molecule has 0 aromatic heterocycles. The molecule has 0 aromatic carbocycles. The Morgan fingerprint density at radius 3 is 2.56 bits per heavy atom. The Kier molecular flexibility index (Phi) is 6.17. The van der Waals surface area contributed by atoms with Gasteiger partial charge < -0.3 is 14.9 Å². The molecule has 146 valence electrons. The predicted molar refractivity (Wildman–Crippen MR) is 101 cm³/mol. The van der Waals surface area contributed by atoms with Crippen molar-refractivity contribution in [1.82, 2.24) is 0 Å². The van der Waals surface area contributed by atoms with Crippen molar-refractivity contribution in [3.63, 3.8) is 0 Å². The van der Waals surface area contributed by atoms with Crippen LogP contribution in [0.25, 0.3) is 0 Å². The largest absolute Gasteiger partial charge is 0.396 e. The second-order valence-corrected chi connectivity index (χ2v) is 9.85. The standard InChI is InChI=1S/C22H40O3/c1-5-6-7-8-15-12-19-20(21(24)17(15)13-23)16-11-14(2)9-10-18(16)22(3,4)25-19/h14-21,23-24H,5-13H2,1-4H3. The van der Waals surface area contributed by atoms with Crippen LogP contribution < -0.4 is 0 Å². The van der Waals surface area contributed by atoms with E-state index in [-0.39, 0.29) is 30.1 Å². The van der Waals surface area contributed by atoms with E-state index in [0.29, 0.717) is 17.8 Å². The second kappa shape index (κ2) is 7.86. The number of ether oxygens (including phenoxy) is 1. The minimum atomic E-state index is -0.399. The van der Waals surface area contributed by atoms with Gasteiger partial charge in [0.2, 0.25) is 0 Å². The monoisotopic (exact) mass is 352 g/mol. The molecule has 8 atom stereocenters. The SMILES string of the molecule is CCCCCC1CC2OC(C)(C)C3CCC(C)CC3C2C(O)C1CO. The molecule has 0 bridgehead atoms. The number of hydrogen-bond acceptors (Lipinski definition) is 3. The van der Waals surface area contributed by atoms with E-state index in [0.717, 1.165) is 18.8 Å². The maximum Gasteiger partial charge on any atom is 0.0661 e. The minimum absolute atomic E-state index is 0.0424. The van der Waals surface area contributed by atoms with E-state index in [1.807, 2.05) is 0 Å². The summed E-state index contributed by atoms with van der Waals surface area (Å²) in [5.74, 6) is 2.52. The molecule has 2 saturated carbocycles. The Labute approximate surface area is 154 Å². The van der Waals surface area contributed by atoms with Gasteiger partial charge >= 0.3 is 0 Å². The van der Waals surface area contributed by atoms with Crippen LogP contribution in [0.1, 0.15) is 79.1 Å². The van der Waals surface area contributed by atoms with Crippen molar-refractivity contribution in [2.24, 2.45) is 35.5 Å². The summed E-state index contributed by atoms with van der Waals surface area (Å²) >= 11 is 0. The van der Waals surface area contributed by atoms with Crippen LogP contribution in [0.3, 0.4) is 0 Å². The van der Waals surface area contributed by atoms with E-state index >= 15 is 0 Å². The van der Waals surface area contributed by atoms with Gasteiger partial charge in [-0.25, -0.2) is 0 Å². The van der Waals surface area contributed by atoms with Gasteiger partial charge in [-0.2, -0.15) is 0 Å². The Morgan fingerprint density at radius 1 is 1.12 bits per heavy atom. The lowest BCUT2D eigenvalue weighted by molar-refractivity contribution is -0.254. The summed E-state index contributed by atoms with van der Waals surface area (Å²) in [6.07, 6.45) is 9.30. The first kappa shape index (κ1) is 19.6. The van der Waals surface area contributed by atoms with Crippen LogP contribution in [-0.4, -0.2) is 34.6 Å². The average Bonchev–Trinajstić information content (AvgIpc) is 2.54. The van der Waals surface area contributed by atoms with Crippen LogP contribution in [0.5, 0.6) is 0 Å². The fourth-order valence-electron chi connectivity index (χ4n) is 6.51. The second-order valence-electron chi connectivity index (χ2n) is 9.85. The summed E-state index contributed by atoms with van der Waals surface area (Å²) in [7, 11) is 0. The van der Waals surface area contributed by atoms with Crippen molar-refractivity contribution in [1.29, 1.82) is 0 Å². The molecule has 0 radical (unpaired) electrons. The molecule has 3 fully saturated rings. The predicted octanol–water partition coefficient (Wildman–Crippen LogP) is 4.40. The first-order valence-corrected chi connectivity index (χ1v) is 10.9. The molecule has 0 amide bonds. The summed E-state index contributed by atoms with van der Waals surface area (Å²) in [4.78, 5) is 0. The highest BCUT2D eigenvalue weighted by Crippen LogP contribution is 2.55. The molecule has 3 aliphatic rings. The fourth-order valence-corrected chi connectivity index (χ4v) is 6.51. The third-order valence-electron chi connectivity index (χ3n) is 7.80. The number of unbranched alkanes of at least 4 members (excludes halogenated alkanes) is 2. The summed E-state index contributed by atoms with van der Waals surface area (Å²) < 4.78 is 6.64. The van der Waals surface area contributed by atoms with Crippen LogP contribution in [0.15, 0.2) is 0 Å². The summed E-state index contributed by atoms with van der Waals surface area (Å²) in [5, 5.41) is 21.3. The lowest BCUT2D eigenvalue weighted by Crippen LogP contribution is -2.62. The zero-order chi connectivity index (χ0) is 18.2. The van der Waals surface area contributed by atoms with E-state index in [1.165, 1.54) is 38.5 Å². The van der Waals surface area contributed by atoms with Crippen molar-refractivity contribution in [3.05, 3.63) is 0 Å². The van der Waals surface area contributed by atoms with Crippen LogP contribution in [0, 0.1) is 35.5 Å². The average molecular weight is 353 g/mol. The highest BCUT2D eigenvalue weighted by atomic mass is 16.5. The van der Waals surface area contributed by atoms with Gasteiger partial charge in [-0.05, 0) is 63.2 Å². The normalized spacial score (nSPS) is 46.3. The molecule has 3 heteroatoms. The van der Waals surface area contributed by atoms with Crippen molar-refractivity contribution in [2.75, 3.05) is 6.61 Å². The minimum Gasteiger partial charge on any atom is -0.396 e. The summed E-state index contributed by atoms with van der Waals surface area (Å²) in [6, 6.07) is 0.